The fraction of sp³-hybridized carbons (Fsp3) is 0.500. The first-order chi connectivity index (χ1) is 7.76. The van der Waals surface area contributed by atoms with Gasteiger partial charge in [0.2, 0.25) is 7.12 Å². The quantitative estimate of drug-likeness (QED) is 0.533. The highest BCUT2D eigenvalue weighted by Gasteiger charge is 2.00. The molecule has 1 aromatic rings. The van der Waals surface area contributed by atoms with Crippen molar-refractivity contribution in [1.29, 1.82) is 0 Å². The van der Waals surface area contributed by atoms with Gasteiger partial charge in [0.25, 0.3) is 0 Å². The second kappa shape index (κ2) is 10.7. The number of hydrogen-bond donors (Lipinski definition) is 1. The predicted molar refractivity (Wildman–Crippen MR) is 66.5 cm³/mol. The molecule has 0 aliphatic rings. The van der Waals surface area contributed by atoms with Crippen LogP contribution in [0.3, 0.4) is 0 Å². The van der Waals surface area contributed by atoms with Gasteiger partial charge in [-0.1, -0.05) is 49.1 Å². The first kappa shape index (κ1) is 15.2. The minimum Gasteiger partial charge on any atom is -0.853 e. The van der Waals surface area contributed by atoms with Crippen LogP contribution in [-0.2, 0) is 4.65 Å². The molecule has 2 N–H and O–H groups in total. The lowest BCUT2D eigenvalue weighted by Gasteiger charge is -2.19. The lowest BCUT2D eigenvalue weighted by Crippen LogP contribution is -2.74. The normalized spacial score (nSPS) is 9.25. The maximum absolute atomic E-state index is 11.4. The van der Waals surface area contributed by atoms with Gasteiger partial charge in [-0.25, -0.2) is 0 Å². The molecular formula is C12H22BNO2. The Labute approximate surface area is 99.0 Å². The SMILES string of the molecule is CCCCOB([O-])c1ccccc1.C[NH2+]C. The van der Waals surface area contributed by atoms with E-state index in [1.54, 1.807) is 12.1 Å². The number of benzene rings is 1. The molecule has 0 aromatic heterocycles. The van der Waals surface area contributed by atoms with E-state index in [4.69, 9.17) is 4.65 Å². The summed E-state index contributed by atoms with van der Waals surface area (Å²) in [6, 6.07) is 9.18. The van der Waals surface area contributed by atoms with Crippen LogP contribution in [0, 0.1) is 0 Å². The van der Waals surface area contributed by atoms with Crippen LogP contribution in [0.2, 0.25) is 0 Å². The van der Waals surface area contributed by atoms with Crippen LogP contribution in [0.1, 0.15) is 19.8 Å². The maximum atomic E-state index is 11.4. The van der Waals surface area contributed by atoms with Crippen molar-refractivity contribution in [1.82, 2.24) is 0 Å². The van der Waals surface area contributed by atoms with Crippen molar-refractivity contribution in [3.05, 3.63) is 30.3 Å². The third kappa shape index (κ3) is 7.46. The smallest absolute Gasteiger partial charge is 0.217 e. The number of nitrogens with two attached hydrogens (primary N) is 1. The Balaban J connectivity index is 0.000000673. The molecule has 0 spiro atoms. The molecule has 1 aromatic carbocycles. The van der Waals surface area contributed by atoms with E-state index in [1.165, 1.54) is 0 Å². The van der Waals surface area contributed by atoms with Gasteiger partial charge in [-0.3, -0.25) is 0 Å². The predicted octanol–water partition coefficient (Wildman–Crippen LogP) is -0.632. The van der Waals surface area contributed by atoms with E-state index in [0.717, 1.165) is 12.8 Å². The van der Waals surface area contributed by atoms with Gasteiger partial charge in [-0.2, -0.15) is 0 Å². The van der Waals surface area contributed by atoms with E-state index in [9.17, 15) is 5.02 Å². The Morgan fingerprint density at radius 1 is 1.25 bits per heavy atom. The van der Waals surface area contributed by atoms with Crippen LogP contribution in [0.15, 0.2) is 30.3 Å². The topological polar surface area (TPSA) is 48.9 Å². The third-order valence-electron chi connectivity index (χ3n) is 1.84. The molecule has 16 heavy (non-hydrogen) atoms. The molecule has 0 saturated carbocycles. The second-order valence-electron chi connectivity index (χ2n) is 3.54. The minimum absolute atomic E-state index is 0.555. The molecular weight excluding hydrogens is 201 g/mol. The van der Waals surface area contributed by atoms with E-state index < -0.39 is 7.12 Å². The lowest BCUT2D eigenvalue weighted by molar-refractivity contribution is -0.597. The number of rotatable bonds is 5. The van der Waals surface area contributed by atoms with Gasteiger partial charge in [0.1, 0.15) is 0 Å². The van der Waals surface area contributed by atoms with E-state index in [-0.39, 0.29) is 0 Å². The molecule has 4 heteroatoms. The fourth-order valence-electron chi connectivity index (χ4n) is 1.04. The highest BCUT2D eigenvalue weighted by Crippen LogP contribution is 1.90. The average molecular weight is 223 g/mol. The maximum Gasteiger partial charge on any atom is 0.217 e. The molecule has 0 radical (unpaired) electrons. The van der Waals surface area contributed by atoms with Gasteiger partial charge in [-0.15, -0.1) is 0 Å². The van der Waals surface area contributed by atoms with Gasteiger partial charge in [-0.05, 0) is 6.42 Å². The monoisotopic (exact) mass is 223 g/mol. The summed E-state index contributed by atoms with van der Waals surface area (Å²) in [6.07, 6.45) is 2.01. The van der Waals surface area contributed by atoms with Gasteiger partial charge in [0, 0.05) is 6.61 Å². The highest BCUT2D eigenvalue weighted by molar-refractivity contribution is 6.58. The Morgan fingerprint density at radius 2 is 1.81 bits per heavy atom. The summed E-state index contributed by atoms with van der Waals surface area (Å²) in [6.45, 7) is 2.63. The van der Waals surface area contributed by atoms with Crippen LogP contribution >= 0.6 is 0 Å². The summed E-state index contributed by atoms with van der Waals surface area (Å²) >= 11 is 0. The second-order valence-corrected chi connectivity index (χ2v) is 3.54. The minimum atomic E-state index is -1.02. The average Bonchev–Trinajstić information content (AvgIpc) is 2.31. The van der Waals surface area contributed by atoms with E-state index in [2.05, 4.69) is 6.92 Å². The van der Waals surface area contributed by atoms with Crippen molar-refractivity contribution < 1.29 is 15.0 Å². The van der Waals surface area contributed by atoms with Gasteiger partial charge < -0.3 is 15.0 Å². The lowest BCUT2D eigenvalue weighted by atomic mass is 9.80. The van der Waals surface area contributed by atoms with Crippen molar-refractivity contribution in [2.24, 2.45) is 0 Å². The summed E-state index contributed by atoms with van der Waals surface area (Å²) in [5, 5.41) is 13.4. The standard InChI is InChI=1S/C10H14BO2.C2H7N/c1-2-3-9-13-11(12)10-7-5-4-6-8-10;1-3-2/h4-8H,2-3,9H2,1H3;3H,1-2H3/q-1;/p+1. The van der Waals surface area contributed by atoms with E-state index >= 15 is 0 Å². The first-order valence-electron chi connectivity index (χ1n) is 5.82. The zero-order valence-electron chi connectivity index (χ0n) is 10.5. The molecule has 3 nitrogen and oxygen atoms in total. The number of quaternary nitrogens is 1. The van der Waals surface area contributed by atoms with Crippen LogP contribution in [-0.4, -0.2) is 27.8 Å². The molecule has 1 rings (SSSR count). The van der Waals surface area contributed by atoms with Crippen molar-refractivity contribution in [3.63, 3.8) is 0 Å². The Hall–Kier alpha value is -0.835. The van der Waals surface area contributed by atoms with Gasteiger partial charge >= 0.3 is 0 Å². The molecule has 0 aliphatic carbocycles. The van der Waals surface area contributed by atoms with Crippen molar-refractivity contribution >= 4 is 12.6 Å². The third-order valence-corrected chi connectivity index (χ3v) is 1.84. The number of unbranched alkanes of at least 4 members (excludes halogenated alkanes) is 1. The van der Waals surface area contributed by atoms with Crippen molar-refractivity contribution in [2.75, 3.05) is 20.7 Å². The Bertz CT molecular complexity index is 244. The van der Waals surface area contributed by atoms with Crippen molar-refractivity contribution in [3.8, 4) is 0 Å². The zero-order valence-corrected chi connectivity index (χ0v) is 10.5. The molecule has 0 amide bonds. The van der Waals surface area contributed by atoms with E-state index in [1.807, 2.05) is 37.6 Å². The first-order valence-corrected chi connectivity index (χ1v) is 5.82. The van der Waals surface area contributed by atoms with Crippen LogP contribution in [0.4, 0.5) is 0 Å². The summed E-state index contributed by atoms with van der Waals surface area (Å²) < 4.78 is 5.11. The Morgan fingerprint density at radius 3 is 2.31 bits per heavy atom. The van der Waals surface area contributed by atoms with Crippen molar-refractivity contribution in [2.45, 2.75) is 19.8 Å². The van der Waals surface area contributed by atoms with Gasteiger partial charge in [0.05, 0.1) is 14.1 Å². The number of hydrogen-bond acceptors (Lipinski definition) is 2. The summed E-state index contributed by atoms with van der Waals surface area (Å²) in [5.41, 5.74) is 0.707. The molecule has 0 fully saturated rings. The fourth-order valence-corrected chi connectivity index (χ4v) is 1.04. The molecule has 0 aliphatic heterocycles. The summed E-state index contributed by atoms with van der Waals surface area (Å²) in [4.78, 5) is 0. The molecule has 0 saturated heterocycles. The summed E-state index contributed by atoms with van der Waals surface area (Å²) in [5.74, 6) is 0. The molecule has 0 bridgehead atoms. The van der Waals surface area contributed by atoms with E-state index in [0.29, 0.717) is 12.1 Å². The molecule has 0 atom stereocenters. The van der Waals surface area contributed by atoms with Crippen LogP contribution in [0.5, 0.6) is 0 Å². The molecule has 0 heterocycles. The van der Waals surface area contributed by atoms with Crippen LogP contribution < -0.4 is 15.8 Å². The zero-order chi connectivity index (χ0) is 12.2. The summed E-state index contributed by atoms with van der Waals surface area (Å²) in [7, 11) is 2.98. The molecule has 90 valence electrons. The van der Waals surface area contributed by atoms with Crippen LogP contribution in [0.25, 0.3) is 0 Å². The largest absolute Gasteiger partial charge is 0.853 e. The highest BCUT2D eigenvalue weighted by atomic mass is 16.5. The van der Waals surface area contributed by atoms with Gasteiger partial charge in [0.15, 0.2) is 0 Å². The molecule has 0 unspecified atom stereocenters. The Kier molecular flexibility index (Phi) is 10.1.